The van der Waals surface area contributed by atoms with Crippen molar-refractivity contribution in [1.82, 2.24) is 15.1 Å². The summed E-state index contributed by atoms with van der Waals surface area (Å²) in [6.45, 7) is 3.99. The van der Waals surface area contributed by atoms with Crippen LogP contribution in [-0.4, -0.2) is 33.9 Å². The summed E-state index contributed by atoms with van der Waals surface area (Å²) in [6, 6.07) is 4.55. The molecule has 2 N–H and O–H groups in total. The van der Waals surface area contributed by atoms with E-state index in [-0.39, 0.29) is 18.0 Å². The predicted molar refractivity (Wildman–Crippen MR) is 88.4 cm³/mol. The fourth-order valence-electron chi connectivity index (χ4n) is 2.63. The number of nitrogens with zero attached hydrogens (tertiary/aromatic N) is 2. The fourth-order valence-corrected chi connectivity index (χ4v) is 2.63. The van der Waals surface area contributed by atoms with Crippen molar-refractivity contribution in [2.24, 2.45) is 7.05 Å². The van der Waals surface area contributed by atoms with Gasteiger partial charge in [-0.05, 0) is 37.1 Å². The first-order valence-corrected chi connectivity index (χ1v) is 7.59. The van der Waals surface area contributed by atoms with Gasteiger partial charge >= 0.3 is 5.97 Å². The highest BCUT2D eigenvalue weighted by atomic mass is 16.5. The number of benzene rings is 1. The molecule has 2 aromatic rings. The second-order valence-corrected chi connectivity index (χ2v) is 5.49. The highest BCUT2D eigenvalue weighted by Crippen LogP contribution is 2.22. The molecule has 7 heteroatoms. The smallest absolute Gasteiger partial charge is 0.335 e. The quantitative estimate of drug-likeness (QED) is 0.843. The summed E-state index contributed by atoms with van der Waals surface area (Å²) in [7, 11) is 3.34. The van der Waals surface area contributed by atoms with Gasteiger partial charge in [0.2, 0.25) is 5.88 Å². The summed E-state index contributed by atoms with van der Waals surface area (Å²) >= 11 is 0. The van der Waals surface area contributed by atoms with Gasteiger partial charge in [0, 0.05) is 12.6 Å². The molecular formula is C17H21N3O4. The van der Waals surface area contributed by atoms with Crippen molar-refractivity contribution in [2.75, 3.05) is 7.11 Å². The molecule has 0 saturated carbocycles. The van der Waals surface area contributed by atoms with E-state index in [0.717, 1.165) is 17.7 Å². The molecule has 0 atom stereocenters. The fraction of sp³-hybridized carbons (Fsp3) is 0.353. The molecule has 0 aliphatic rings. The third-order valence-electron chi connectivity index (χ3n) is 3.71. The lowest BCUT2D eigenvalue weighted by Gasteiger charge is -2.09. The molecule has 1 aromatic carbocycles. The Kier molecular flexibility index (Phi) is 5.23. The Morgan fingerprint density at radius 1 is 1.29 bits per heavy atom. The maximum absolute atomic E-state index is 12.4. The van der Waals surface area contributed by atoms with Crippen molar-refractivity contribution in [1.29, 1.82) is 0 Å². The van der Waals surface area contributed by atoms with Crippen LogP contribution in [0.5, 0.6) is 5.88 Å². The number of hydrogen-bond donors (Lipinski definition) is 2. The van der Waals surface area contributed by atoms with Gasteiger partial charge in [-0.15, -0.1) is 0 Å². The molecule has 0 unspecified atom stereocenters. The molecule has 0 radical (unpaired) electrons. The van der Waals surface area contributed by atoms with Crippen LogP contribution in [0.3, 0.4) is 0 Å². The van der Waals surface area contributed by atoms with Gasteiger partial charge in [0.1, 0.15) is 0 Å². The Balaban J connectivity index is 2.21. The highest BCUT2D eigenvalue weighted by Gasteiger charge is 2.17. The molecule has 1 heterocycles. The minimum absolute atomic E-state index is 0.0911. The van der Waals surface area contributed by atoms with E-state index in [2.05, 4.69) is 10.4 Å². The maximum atomic E-state index is 12.4. The Labute approximate surface area is 140 Å². The highest BCUT2D eigenvalue weighted by molar-refractivity contribution is 5.97. The lowest BCUT2D eigenvalue weighted by atomic mass is 10.1. The van der Waals surface area contributed by atoms with E-state index in [9.17, 15) is 9.59 Å². The number of carbonyl (C=O) groups is 2. The van der Waals surface area contributed by atoms with Crippen LogP contribution >= 0.6 is 0 Å². The van der Waals surface area contributed by atoms with E-state index in [1.807, 2.05) is 6.92 Å². The first-order valence-electron chi connectivity index (χ1n) is 7.59. The zero-order valence-electron chi connectivity index (χ0n) is 14.2. The van der Waals surface area contributed by atoms with Crippen molar-refractivity contribution in [3.8, 4) is 5.88 Å². The van der Waals surface area contributed by atoms with Crippen LogP contribution < -0.4 is 10.1 Å². The molecule has 0 fully saturated rings. The summed E-state index contributed by atoms with van der Waals surface area (Å²) in [5, 5.41) is 16.3. The van der Waals surface area contributed by atoms with Gasteiger partial charge in [0.25, 0.3) is 5.91 Å². The number of methoxy groups -OCH3 is 1. The monoisotopic (exact) mass is 331 g/mol. The van der Waals surface area contributed by atoms with Crippen molar-refractivity contribution < 1.29 is 19.4 Å². The molecule has 128 valence electrons. The van der Waals surface area contributed by atoms with E-state index in [0.29, 0.717) is 17.0 Å². The van der Waals surface area contributed by atoms with E-state index >= 15 is 0 Å². The van der Waals surface area contributed by atoms with E-state index < -0.39 is 5.97 Å². The van der Waals surface area contributed by atoms with Crippen LogP contribution in [0.25, 0.3) is 0 Å². The van der Waals surface area contributed by atoms with Crippen LogP contribution in [0.4, 0.5) is 0 Å². The Hall–Kier alpha value is -2.83. The summed E-state index contributed by atoms with van der Waals surface area (Å²) in [5.41, 5.74) is 2.79. The van der Waals surface area contributed by atoms with Gasteiger partial charge in [0.05, 0.1) is 30.5 Å². The van der Waals surface area contributed by atoms with Gasteiger partial charge in [-0.1, -0.05) is 6.92 Å². The number of nitrogens with one attached hydrogen (secondary N) is 1. The topological polar surface area (TPSA) is 93.5 Å². The van der Waals surface area contributed by atoms with Crippen molar-refractivity contribution in [3.63, 3.8) is 0 Å². The minimum Gasteiger partial charge on any atom is -0.481 e. The second kappa shape index (κ2) is 7.16. The Morgan fingerprint density at radius 3 is 2.54 bits per heavy atom. The molecular weight excluding hydrogens is 310 g/mol. The molecule has 7 nitrogen and oxygen atoms in total. The number of aromatic nitrogens is 2. The predicted octanol–water partition coefficient (Wildman–Crippen LogP) is 1.93. The average Bonchev–Trinajstić information content (AvgIpc) is 2.86. The van der Waals surface area contributed by atoms with Crippen LogP contribution in [0, 0.1) is 6.92 Å². The number of rotatable bonds is 6. The molecule has 0 saturated heterocycles. The number of amides is 1. The van der Waals surface area contributed by atoms with Gasteiger partial charge in [-0.25, -0.2) is 9.48 Å². The molecule has 1 aromatic heterocycles. The third kappa shape index (κ3) is 3.56. The summed E-state index contributed by atoms with van der Waals surface area (Å²) in [4.78, 5) is 23.5. The van der Waals surface area contributed by atoms with Crippen molar-refractivity contribution in [2.45, 2.75) is 26.8 Å². The van der Waals surface area contributed by atoms with Gasteiger partial charge in [-0.2, -0.15) is 5.10 Å². The number of hydrogen-bond acceptors (Lipinski definition) is 4. The molecule has 0 aliphatic heterocycles. The van der Waals surface area contributed by atoms with Crippen molar-refractivity contribution in [3.05, 3.63) is 46.1 Å². The minimum atomic E-state index is -1.06. The average molecular weight is 331 g/mol. The van der Waals surface area contributed by atoms with Crippen molar-refractivity contribution >= 4 is 11.9 Å². The zero-order chi connectivity index (χ0) is 17.9. The zero-order valence-corrected chi connectivity index (χ0v) is 14.2. The number of carboxylic acid groups (broad SMARTS) is 1. The largest absolute Gasteiger partial charge is 0.481 e. The van der Waals surface area contributed by atoms with Gasteiger partial charge in [-0.3, -0.25) is 4.79 Å². The Bertz CT molecular complexity index is 780. The lowest BCUT2D eigenvalue weighted by molar-refractivity contribution is 0.0696. The number of carboxylic acids is 1. The number of aromatic carboxylic acids is 1. The molecule has 24 heavy (non-hydrogen) atoms. The Morgan fingerprint density at radius 2 is 1.96 bits per heavy atom. The summed E-state index contributed by atoms with van der Waals surface area (Å²) < 4.78 is 6.97. The standard InChI is InChI=1S/C17H21N3O4/c1-5-14-13(16(24-4)20(3)19-14)9-18-15(21)11-6-10(2)7-12(8-11)17(22)23/h6-8H,5,9H2,1-4H3,(H,18,21)(H,22,23). The van der Waals surface area contributed by atoms with E-state index in [1.165, 1.54) is 12.1 Å². The number of aryl methyl sites for hydroxylation is 3. The third-order valence-corrected chi connectivity index (χ3v) is 3.71. The normalized spacial score (nSPS) is 10.5. The number of carbonyl (C=O) groups excluding carboxylic acids is 1. The van der Waals surface area contributed by atoms with E-state index in [1.54, 1.807) is 31.8 Å². The SMILES string of the molecule is CCc1nn(C)c(OC)c1CNC(=O)c1cc(C)cc(C(=O)O)c1. The molecule has 1 amide bonds. The van der Waals surface area contributed by atoms with Crippen LogP contribution in [0.15, 0.2) is 18.2 Å². The second-order valence-electron chi connectivity index (χ2n) is 5.49. The summed E-state index contributed by atoms with van der Waals surface area (Å²) in [5.74, 6) is -0.799. The van der Waals surface area contributed by atoms with Crippen LogP contribution in [0.1, 0.15) is 44.5 Å². The molecule has 0 spiro atoms. The van der Waals surface area contributed by atoms with Gasteiger partial charge < -0.3 is 15.2 Å². The molecule has 0 aliphatic carbocycles. The first kappa shape index (κ1) is 17.5. The van der Waals surface area contributed by atoms with E-state index in [4.69, 9.17) is 9.84 Å². The number of ether oxygens (including phenoxy) is 1. The summed E-state index contributed by atoms with van der Waals surface area (Å²) in [6.07, 6.45) is 0.718. The molecule has 0 bridgehead atoms. The maximum Gasteiger partial charge on any atom is 0.335 e. The van der Waals surface area contributed by atoms with Crippen LogP contribution in [-0.2, 0) is 20.0 Å². The first-order chi connectivity index (χ1) is 11.4. The lowest BCUT2D eigenvalue weighted by Crippen LogP contribution is -2.24. The molecule has 2 rings (SSSR count). The van der Waals surface area contributed by atoms with Gasteiger partial charge in [0.15, 0.2) is 0 Å². The van der Waals surface area contributed by atoms with Crippen LogP contribution in [0.2, 0.25) is 0 Å².